The molecule has 0 fully saturated rings. The third kappa shape index (κ3) is 4.12. The predicted molar refractivity (Wildman–Crippen MR) is 127 cm³/mol. The van der Waals surface area contributed by atoms with E-state index in [1.165, 1.54) is 23.1 Å². The molecule has 2 aromatic carbocycles. The molecule has 0 aliphatic carbocycles. The molecule has 7 nitrogen and oxygen atoms in total. The van der Waals surface area contributed by atoms with Gasteiger partial charge in [-0.2, -0.15) is 10.2 Å². The Morgan fingerprint density at radius 2 is 1.79 bits per heavy atom. The number of pyridine rings is 1. The highest BCUT2D eigenvalue weighted by Gasteiger charge is 2.21. The number of rotatable bonds is 3. The molecule has 0 saturated carbocycles. The van der Waals surface area contributed by atoms with Crippen LogP contribution in [0, 0.1) is 17.7 Å². The van der Waals surface area contributed by atoms with Gasteiger partial charge >= 0.3 is 0 Å². The number of aromatic nitrogens is 5. The fraction of sp³-hybridized carbons (Fsp3) is 0.0400. The molecule has 3 aromatic heterocycles. The predicted octanol–water partition coefficient (Wildman–Crippen LogP) is 4.60. The molecular weight excluding hydrogens is 455 g/mol. The summed E-state index contributed by atoms with van der Waals surface area (Å²) < 4.78 is 17.8. The summed E-state index contributed by atoms with van der Waals surface area (Å²) in [7, 11) is 1.84. The molecule has 0 aliphatic heterocycles. The van der Waals surface area contributed by atoms with Gasteiger partial charge in [0.05, 0.1) is 28.6 Å². The quantitative estimate of drug-likeness (QED) is 0.391. The maximum Gasteiger partial charge on any atom is 0.277 e. The second kappa shape index (κ2) is 8.81. The minimum atomic E-state index is -0.716. The number of nitrogens with one attached hydrogen (secondary N) is 1. The Morgan fingerprint density at radius 3 is 2.59 bits per heavy atom. The fourth-order valence-electron chi connectivity index (χ4n) is 3.44. The van der Waals surface area contributed by atoms with E-state index in [1.807, 2.05) is 49.5 Å². The minimum absolute atomic E-state index is 0.0547. The van der Waals surface area contributed by atoms with E-state index in [1.54, 1.807) is 16.9 Å². The van der Waals surface area contributed by atoms with E-state index in [-0.39, 0.29) is 16.5 Å². The molecule has 3 heterocycles. The molecule has 1 amide bonds. The lowest BCUT2D eigenvalue weighted by molar-refractivity contribution is 0.101. The van der Waals surface area contributed by atoms with Crippen molar-refractivity contribution in [3.05, 3.63) is 101 Å². The van der Waals surface area contributed by atoms with E-state index in [9.17, 15) is 9.18 Å². The van der Waals surface area contributed by atoms with Gasteiger partial charge < -0.3 is 5.32 Å². The standard InChI is InChI=1S/C25H16ClFN6O/c1-32-22-10-9-19(12-18(22)14-29-32)33-23(20(26)15-30-33)25(34)31-24-21(27)11-17(13-28-24)8-7-16-5-3-2-4-6-16/h2-6,9-15H,1H3,(H,28,31,34). The number of anilines is 1. The van der Waals surface area contributed by atoms with E-state index >= 15 is 0 Å². The van der Waals surface area contributed by atoms with Crippen molar-refractivity contribution in [3.63, 3.8) is 0 Å². The van der Waals surface area contributed by atoms with Crippen LogP contribution in [0.3, 0.4) is 0 Å². The highest BCUT2D eigenvalue weighted by Crippen LogP contribution is 2.24. The number of benzene rings is 2. The summed E-state index contributed by atoms with van der Waals surface area (Å²) >= 11 is 6.25. The molecular formula is C25H16ClFN6O. The molecule has 1 N–H and O–H groups in total. The van der Waals surface area contributed by atoms with E-state index < -0.39 is 11.7 Å². The monoisotopic (exact) mass is 470 g/mol. The van der Waals surface area contributed by atoms with E-state index in [4.69, 9.17) is 11.6 Å². The summed E-state index contributed by atoms with van der Waals surface area (Å²) in [5.74, 6) is 4.20. The van der Waals surface area contributed by atoms with Crippen molar-refractivity contribution in [2.45, 2.75) is 0 Å². The van der Waals surface area contributed by atoms with Gasteiger partial charge in [0.15, 0.2) is 17.3 Å². The second-order valence-corrected chi connectivity index (χ2v) is 7.80. The average Bonchev–Trinajstić information content (AvgIpc) is 3.42. The van der Waals surface area contributed by atoms with Gasteiger partial charge in [0.25, 0.3) is 5.91 Å². The van der Waals surface area contributed by atoms with Crippen LogP contribution in [0.2, 0.25) is 5.02 Å². The third-order valence-corrected chi connectivity index (χ3v) is 5.39. The summed E-state index contributed by atoms with van der Waals surface area (Å²) in [4.78, 5) is 17.0. The number of halogens is 2. The Labute approximate surface area is 198 Å². The van der Waals surface area contributed by atoms with Gasteiger partial charge in [-0.25, -0.2) is 14.1 Å². The Kier molecular flexibility index (Phi) is 5.54. The average molecular weight is 471 g/mol. The van der Waals surface area contributed by atoms with Gasteiger partial charge in [-0.15, -0.1) is 0 Å². The maximum atomic E-state index is 14.7. The van der Waals surface area contributed by atoms with Crippen molar-refractivity contribution in [2.75, 3.05) is 5.32 Å². The lowest BCUT2D eigenvalue weighted by Crippen LogP contribution is -2.19. The summed E-state index contributed by atoms with van der Waals surface area (Å²) in [6.45, 7) is 0. The van der Waals surface area contributed by atoms with Crippen LogP contribution in [0.25, 0.3) is 16.6 Å². The number of amides is 1. The normalized spacial score (nSPS) is 10.7. The van der Waals surface area contributed by atoms with Crippen LogP contribution in [-0.2, 0) is 7.05 Å². The molecule has 9 heteroatoms. The number of hydrogen-bond acceptors (Lipinski definition) is 4. The van der Waals surface area contributed by atoms with Crippen molar-refractivity contribution in [1.29, 1.82) is 0 Å². The number of fused-ring (bicyclic) bond motifs is 1. The topological polar surface area (TPSA) is 77.6 Å². The molecule has 0 bridgehead atoms. The lowest BCUT2D eigenvalue weighted by Gasteiger charge is -2.09. The van der Waals surface area contributed by atoms with Gasteiger partial charge in [0.2, 0.25) is 0 Å². The molecule has 0 atom stereocenters. The molecule has 0 aliphatic rings. The largest absolute Gasteiger partial charge is 0.303 e. The summed E-state index contributed by atoms with van der Waals surface area (Å²) in [5, 5.41) is 11.9. The van der Waals surface area contributed by atoms with Crippen LogP contribution in [0.4, 0.5) is 10.2 Å². The Hall–Kier alpha value is -4.48. The molecule has 166 valence electrons. The van der Waals surface area contributed by atoms with E-state index in [2.05, 4.69) is 32.3 Å². The zero-order valence-electron chi connectivity index (χ0n) is 17.8. The van der Waals surface area contributed by atoms with Crippen LogP contribution in [0.1, 0.15) is 21.6 Å². The number of nitrogens with zero attached hydrogens (tertiary/aromatic N) is 5. The fourth-order valence-corrected chi connectivity index (χ4v) is 3.65. The first-order valence-corrected chi connectivity index (χ1v) is 10.6. The van der Waals surface area contributed by atoms with Crippen LogP contribution >= 0.6 is 11.6 Å². The SMILES string of the molecule is Cn1ncc2cc(-n3ncc(Cl)c3C(=O)Nc3ncc(C#Cc4ccccc4)cc3F)ccc21. The highest BCUT2D eigenvalue weighted by molar-refractivity contribution is 6.34. The van der Waals surface area contributed by atoms with Gasteiger partial charge in [0.1, 0.15) is 0 Å². The van der Waals surface area contributed by atoms with Crippen molar-refractivity contribution in [2.24, 2.45) is 7.05 Å². The zero-order valence-corrected chi connectivity index (χ0v) is 18.6. The van der Waals surface area contributed by atoms with E-state index in [0.29, 0.717) is 11.3 Å². The third-order valence-electron chi connectivity index (χ3n) is 5.11. The van der Waals surface area contributed by atoms with Crippen LogP contribution in [0.15, 0.2) is 73.2 Å². The first-order chi connectivity index (χ1) is 16.5. The molecule has 5 rings (SSSR count). The number of carbonyl (C=O) groups excluding carboxylic acids is 1. The van der Waals surface area contributed by atoms with Crippen molar-refractivity contribution < 1.29 is 9.18 Å². The summed E-state index contributed by atoms with van der Waals surface area (Å²) in [6, 6.07) is 16.0. The highest BCUT2D eigenvalue weighted by atomic mass is 35.5. The smallest absolute Gasteiger partial charge is 0.277 e. The first kappa shape index (κ1) is 21.4. The van der Waals surface area contributed by atoms with Gasteiger partial charge in [-0.3, -0.25) is 9.48 Å². The molecule has 0 radical (unpaired) electrons. The van der Waals surface area contributed by atoms with E-state index in [0.717, 1.165) is 16.5 Å². The molecule has 0 unspecified atom stereocenters. The number of aryl methyl sites for hydroxylation is 1. The second-order valence-electron chi connectivity index (χ2n) is 7.39. The van der Waals surface area contributed by atoms with Crippen LogP contribution < -0.4 is 5.32 Å². The molecule has 0 spiro atoms. The molecule has 34 heavy (non-hydrogen) atoms. The zero-order chi connectivity index (χ0) is 23.7. The number of carbonyl (C=O) groups is 1. The minimum Gasteiger partial charge on any atom is -0.303 e. The van der Waals surface area contributed by atoms with Crippen molar-refractivity contribution >= 4 is 34.2 Å². The van der Waals surface area contributed by atoms with Crippen molar-refractivity contribution in [3.8, 4) is 17.5 Å². The van der Waals surface area contributed by atoms with Crippen molar-refractivity contribution in [1.82, 2.24) is 24.5 Å². The Bertz CT molecular complexity index is 1600. The van der Waals surface area contributed by atoms with Gasteiger partial charge in [-0.05, 0) is 36.4 Å². The Balaban J connectivity index is 1.40. The van der Waals surface area contributed by atoms with Crippen LogP contribution in [0.5, 0.6) is 0 Å². The van der Waals surface area contributed by atoms with Gasteiger partial charge in [0, 0.05) is 29.8 Å². The Morgan fingerprint density at radius 1 is 1.00 bits per heavy atom. The summed E-state index contributed by atoms with van der Waals surface area (Å²) in [6.07, 6.45) is 4.46. The first-order valence-electron chi connectivity index (χ1n) is 10.2. The van der Waals surface area contributed by atoms with Crippen LogP contribution in [-0.4, -0.2) is 30.5 Å². The summed E-state index contributed by atoms with van der Waals surface area (Å²) in [5.41, 5.74) is 2.77. The van der Waals surface area contributed by atoms with Gasteiger partial charge in [-0.1, -0.05) is 41.6 Å². The number of hydrogen-bond donors (Lipinski definition) is 1. The molecule has 5 aromatic rings. The molecule has 0 saturated heterocycles. The lowest BCUT2D eigenvalue weighted by atomic mass is 10.2. The maximum absolute atomic E-state index is 14.7.